The van der Waals surface area contributed by atoms with Crippen LogP contribution < -0.4 is 0 Å². The van der Waals surface area contributed by atoms with E-state index in [2.05, 4.69) is 0 Å². The van der Waals surface area contributed by atoms with Gasteiger partial charge in [0.25, 0.3) is 5.91 Å². The molecule has 1 atom stereocenters. The van der Waals surface area contributed by atoms with E-state index in [0.29, 0.717) is 6.54 Å². The molecule has 5 heteroatoms. The minimum atomic E-state index is -0.471. The van der Waals surface area contributed by atoms with E-state index in [0.717, 1.165) is 36.1 Å². The Morgan fingerprint density at radius 2 is 1.88 bits per heavy atom. The molecule has 1 unspecified atom stereocenters. The smallest absolute Gasteiger partial charge is 0.257 e. The van der Waals surface area contributed by atoms with Gasteiger partial charge >= 0.3 is 0 Å². The van der Waals surface area contributed by atoms with Crippen molar-refractivity contribution in [2.75, 3.05) is 6.54 Å². The van der Waals surface area contributed by atoms with E-state index < -0.39 is 5.82 Å². The van der Waals surface area contributed by atoms with E-state index in [-0.39, 0.29) is 17.5 Å². The lowest BCUT2D eigenvalue weighted by molar-refractivity contribution is 0.0592. The van der Waals surface area contributed by atoms with Crippen LogP contribution in [0, 0.1) is 5.82 Å². The molecule has 0 aliphatic carbocycles. The Morgan fingerprint density at radius 1 is 1.12 bits per heavy atom. The number of hydrogen-bond donors (Lipinski definition) is 0. The number of aryl methyl sites for hydroxylation is 1. The van der Waals surface area contributed by atoms with Gasteiger partial charge in [-0.2, -0.15) is 0 Å². The van der Waals surface area contributed by atoms with Crippen molar-refractivity contribution in [3.63, 3.8) is 0 Å². The summed E-state index contributed by atoms with van der Waals surface area (Å²) in [4.78, 5) is 19.5. The van der Waals surface area contributed by atoms with Gasteiger partial charge in [0.15, 0.2) is 0 Å². The molecule has 0 spiro atoms. The summed E-state index contributed by atoms with van der Waals surface area (Å²) in [6.07, 6.45) is 2.81. The monoisotopic (exact) mass is 337 g/mol. The van der Waals surface area contributed by atoms with E-state index in [9.17, 15) is 9.18 Å². The molecule has 0 saturated carbocycles. The van der Waals surface area contributed by atoms with Gasteiger partial charge in [0.1, 0.15) is 11.6 Å². The third-order valence-electron chi connectivity index (χ3n) is 4.99. The molecule has 25 heavy (non-hydrogen) atoms. The van der Waals surface area contributed by atoms with Gasteiger partial charge < -0.3 is 9.47 Å². The fourth-order valence-corrected chi connectivity index (χ4v) is 3.69. The number of halogens is 1. The summed E-state index contributed by atoms with van der Waals surface area (Å²) in [5.41, 5.74) is 2.10. The summed E-state index contributed by atoms with van der Waals surface area (Å²) in [7, 11) is 1.98. The molecule has 2 aromatic carbocycles. The number of carbonyl (C=O) groups is 1. The van der Waals surface area contributed by atoms with Crippen molar-refractivity contribution in [1.82, 2.24) is 14.5 Å². The third-order valence-corrected chi connectivity index (χ3v) is 4.99. The molecule has 1 aliphatic rings. The van der Waals surface area contributed by atoms with Crippen LogP contribution in [0.4, 0.5) is 4.39 Å². The van der Waals surface area contributed by atoms with Gasteiger partial charge in [0.2, 0.25) is 0 Å². The maximum absolute atomic E-state index is 14.1. The number of imidazole rings is 1. The van der Waals surface area contributed by atoms with Gasteiger partial charge in [-0.3, -0.25) is 4.79 Å². The molecule has 1 fully saturated rings. The molecule has 0 bridgehead atoms. The van der Waals surface area contributed by atoms with Crippen molar-refractivity contribution in [1.29, 1.82) is 0 Å². The van der Waals surface area contributed by atoms with Crippen LogP contribution in [0.5, 0.6) is 0 Å². The van der Waals surface area contributed by atoms with E-state index >= 15 is 0 Å². The summed E-state index contributed by atoms with van der Waals surface area (Å²) in [5, 5.41) is 0. The number of para-hydroxylation sites is 2. The molecule has 1 amide bonds. The van der Waals surface area contributed by atoms with E-state index in [1.807, 2.05) is 35.9 Å². The summed E-state index contributed by atoms with van der Waals surface area (Å²) in [5.74, 6) is 0.141. The predicted octanol–water partition coefficient (Wildman–Crippen LogP) is 4.08. The Bertz CT molecular complexity index is 934. The average Bonchev–Trinajstić information content (AvgIpc) is 2.98. The highest BCUT2D eigenvalue weighted by atomic mass is 19.1. The number of piperidine rings is 1. The second kappa shape index (κ2) is 6.31. The molecule has 2 heterocycles. The minimum absolute atomic E-state index is 0.127. The largest absolute Gasteiger partial charge is 0.329 e. The van der Waals surface area contributed by atoms with Gasteiger partial charge in [-0.1, -0.05) is 24.3 Å². The molecule has 4 rings (SSSR count). The molecule has 128 valence electrons. The second-order valence-corrected chi connectivity index (χ2v) is 6.51. The number of aromatic nitrogens is 2. The number of amides is 1. The first kappa shape index (κ1) is 15.8. The van der Waals surface area contributed by atoms with Crippen LogP contribution in [0.15, 0.2) is 48.5 Å². The molecule has 4 nitrogen and oxygen atoms in total. The lowest BCUT2D eigenvalue weighted by Crippen LogP contribution is -2.40. The first-order valence-corrected chi connectivity index (χ1v) is 8.63. The predicted molar refractivity (Wildman–Crippen MR) is 94.7 cm³/mol. The third kappa shape index (κ3) is 2.69. The number of benzene rings is 2. The number of carbonyl (C=O) groups excluding carboxylic acids is 1. The highest BCUT2D eigenvalue weighted by Gasteiger charge is 2.32. The first-order chi connectivity index (χ1) is 12.2. The van der Waals surface area contributed by atoms with Crippen LogP contribution in [0.3, 0.4) is 0 Å². The van der Waals surface area contributed by atoms with Crippen LogP contribution >= 0.6 is 0 Å². The van der Waals surface area contributed by atoms with Gasteiger partial charge in [0.05, 0.1) is 22.6 Å². The Labute approximate surface area is 145 Å². The summed E-state index contributed by atoms with van der Waals surface area (Å²) < 4.78 is 16.2. The molecule has 1 aromatic heterocycles. The van der Waals surface area contributed by atoms with Crippen molar-refractivity contribution in [3.8, 4) is 0 Å². The Hall–Kier alpha value is -2.69. The number of rotatable bonds is 2. The topological polar surface area (TPSA) is 38.1 Å². The average molecular weight is 337 g/mol. The van der Waals surface area contributed by atoms with Gasteiger partial charge in [-0.05, 0) is 43.5 Å². The first-order valence-electron chi connectivity index (χ1n) is 8.63. The molecule has 0 radical (unpaired) electrons. The molecular formula is C20H20FN3O. The number of fused-ring (bicyclic) bond motifs is 1. The zero-order chi connectivity index (χ0) is 17.4. The van der Waals surface area contributed by atoms with Crippen molar-refractivity contribution in [3.05, 3.63) is 65.7 Å². The molecule has 1 aliphatic heterocycles. The quantitative estimate of drug-likeness (QED) is 0.707. The Kier molecular flexibility index (Phi) is 3.99. The minimum Gasteiger partial charge on any atom is -0.329 e. The fraction of sp³-hybridized carbons (Fsp3) is 0.300. The molecular weight excluding hydrogens is 317 g/mol. The maximum Gasteiger partial charge on any atom is 0.257 e. The fourth-order valence-electron chi connectivity index (χ4n) is 3.69. The van der Waals surface area contributed by atoms with Crippen LogP contribution in [0.25, 0.3) is 11.0 Å². The number of likely N-dealkylation sites (tertiary alicyclic amines) is 1. The Morgan fingerprint density at radius 3 is 2.68 bits per heavy atom. The van der Waals surface area contributed by atoms with E-state index in [4.69, 9.17) is 4.98 Å². The molecule has 1 saturated heterocycles. The molecule has 3 aromatic rings. The van der Waals surface area contributed by atoms with Gasteiger partial charge in [-0.25, -0.2) is 9.37 Å². The van der Waals surface area contributed by atoms with Crippen LogP contribution in [-0.2, 0) is 7.05 Å². The summed E-state index contributed by atoms with van der Waals surface area (Å²) in [6.45, 7) is 0.626. The highest BCUT2D eigenvalue weighted by Crippen LogP contribution is 2.33. The van der Waals surface area contributed by atoms with Crippen molar-refractivity contribution >= 4 is 16.9 Å². The second-order valence-electron chi connectivity index (χ2n) is 6.51. The lowest BCUT2D eigenvalue weighted by atomic mass is 10.00. The zero-order valence-electron chi connectivity index (χ0n) is 14.2. The summed E-state index contributed by atoms with van der Waals surface area (Å²) >= 11 is 0. The van der Waals surface area contributed by atoms with Crippen molar-refractivity contribution in [2.24, 2.45) is 7.05 Å². The van der Waals surface area contributed by atoms with E-state index in [1.165, 1.54) is 6.07 Å². The number of nitrogens with zero attached hydrogens (tertiary/aromatic N) is 3. The number of hydrogen-bond acceptors (Lipinski definition) is 2. The van der Waals surface area contributed by atoms with Crippen molar-refractivity contribution < 1.29 is 9.18 Å². The maximum atomic E-state index is 14.1. The standard InChI is InChI=1S/C20H20FN3O/c1-23-17-11-5-4-10-16(17)22-19(23)18-12-6-7-13-24(18)20(25)14-8-2-3-9-15(14)21/h2-5,8-11,18H,6-7,12-13H2,1H3. The molecule has 0 N–H and O–H groups in total. The van der Waals surface area contributed by atoms with Crippen molar-refractivity contribution in [2.45, 2.75) is 25.3 Å². The normalized spacial score (nSPS) is 17.8. The highest BCUT2D eigenvalue weighted by molar-refractivity contribution is 5.94. The van der Waals surface area contributed by atoms with Crippen LogP contribution in [0.1, 0.15) is 41.5 Å². The van der Waals surface area contributed by atoms with E-state index in [1.54, 1.807) is 23.1 Å². The van der Waals surface area contributed by atoms with Gasteiger partial charge in [-0.15, -0.1) is 0 Å². The lowest BCUT2D eigenvalue weighted by Gasteiger charge is -2.35. The summed E-state index contributed by atoms with van der Waals surface area (Å²) in [6, 6.07) is 14.0. The van der Waals surface area contributed by atoms with Gasteiger partial charge in [0, 0.05) is 13.6 Å². The SMILES string of the molecule is Cn1c(C2CCCCN2C(=O)c2ccccc2F)nc2ccccc21. The Balaban J connectivity index is 1.75. The van der Waals surface area contributed by atoms with Crippen LogP contribution in [-0.4, -0.2) is 26.9 Å². The zero-order valence-corrected chi connectivity index (χ0v) is 14.2. The van der Waals surface area contributed by atoms with Crippen LogP contribution in [0.2, 0.25) is 0 Å².